The van der Waals surface area contributed by atoms with Crippen LogP contribution in [0.1, 0.15) is 46.4 Å². The van der Waals surface area contributed by atoms with Crippen LogP contribution in [0.3, 0.4) is 0 Å². The summed E-state index contributed by atoms with van der Waals surface area (Å²) in [6.45, 7) is 6.53. The van der Waals surface area contributed by atoms with Crippen molar-refractivity contribution in [2.24, 2.45) is 0 Å². The first-order valence-corrected chi connectivity index (χ1v) is 13.9. The van der Waals surface area contributed by atoms with Gasteiger partial charge in [-0.25, -0.2) is 4.79 Å². The molecule has 1 aliphatic carbocycles. The Morgan fingerprint density at radius 2 is 2.00 bits per heavy atom. The van der Waals surface area contributed by atoms with E-state index in [0.717, 1.165) is 36.1 Å². The number of amides is 1. The normalized spacial score (nSPS) is 12.5. The highest BCUT2D eigenvalue weighted by Crippen LogP contribution is 2.38. The first-order chi connectivity index (χ1) is 18.0. The Balaban J connectivity index is 1.43. The van der Waals surface area contributed by atoms with Gasteiger partial charge in [-0.05, 0) is 50.3 Å². The number of thioether (sulfide) groups is 1. The lowest BCUT2D eigenvalue weighted by Gasteiger charge is -2.12. The molecular weight excluding hydrogens is 512 g/mol. The van der Waals surface area contributed by atoms with Crippen LogP contribution in [0.2, 0.25) is 0 Å². The van der Waals surface area contributed by atoms with Crippen molar-refractivity contribution in [2.75, 3.05) is 24.8 Å². The number of aromatic nitrogens is 3. The number of hydrogen-bond donors (Lipinski definition) is 1. The van der Waals surface area contributed by atoms with Gasteiger partial charge in [0.1, 0.15) is 11.6 Å². The molecule has 1 aliphatic rings. The Kier molecular flexibility index (Phi) is 9.24. The molecule has 1 N–H and O–H groups in total. The fourth-order valence-corrected chi connectivity index (χ4v) is 6.15. The van der Waals surface area contributed by atoms with Gasteiger partial charge in [-0.15, -0.1) is 28.1 Å². The zero-order chi connectivity index (χ0) is 26.2. The van der Waals surface area contributed by atoms with Crippen molar-refractivity contribution in [3.05, 3.63) is 58.7 Å². The van der Waals surface area contributed by atoms with Crippen LogP contribution in [0.4, 0.5) is 5.00 Å². The Morgan fingerprint density at radius 1 is 1.22 bits per heavy atom. The maximum Gasteiger partial charge on any atom is 0.341 e. The number of esters is 1. The van der Waals surface area contributed by atoms with E-state index in [4.69, 9.17) is 14.2 Å². The van der Waals surface area contributed by atoms with E-state index in [-0.39, 0.29) is 30.8 Å². The van der Waals surface area contributed by atoms with Crippen molar-refractivity contribution in [2.45, 2.75) is 50.9 Å². The summed E-state index contributed by atoms with van der Waals surface area (Å²) < 4.78 is 18.4. The van der Waals surface area contributed by atoms with E-state index in [1.807, 2.05) is 28.8 Å². The van der Waals surface area contributed by atoms with Crippen molar-refractivity contribution >= 4 is 40.0 Å². The van der Waals surface area contributed by atoms with E-state index in [2.05, 4.69) is 22.1 Å². The van der Waals surface area contributed by atoms with Crippen LogP contribution in [-0.4, -0.2) is 46.1 Å². The molecule has 0 radical (unpaired) electrons. The standard InChI is InChI=1S/C26H30N4O5S2/c1-4-14-30-21(15-35-19-12-8-7-11-18(19)33-3)28-29-26(30)36-16-22(31)27-24-23(25(32)34-5-2)17-10-6-9-13-20(17)37-24/h4,7-8,11-12H,1,5-6,9-10,13-16H2,2-3H3,(H,27,31). The maximum absolute atomic E-state index is 12.9. The van der Waals surface area contributed by atoms with Gasteiger partial charge >= 0.3 is 5.97 Å². The van der Waals surface area contributed by atoms with Gasteiger partial charge in [-0.3, -0.25) is 9.36 Å². The number of aryl methyl sites for hydroxylation is 1. The molecule has 0 fully saturated rings. The van der Waals surface area contributed by atoms with Gasteiger partial charge in [-0.2, -0.15) is 0 Å². The number of thiophene rings is 1. The quantitative estimate of drug-likeness (QED) is 0.196. The number of anilines is 1. The molecule has 2 heterocycles. The number of ether oxygens (including phenoxy) is 3. The van der Waals surface area contributed by atoms with E-state index in [1.54, 1.807) is 20.1 Å². The topological polar surface area (TPSA) is 105 Å². The fraction of sp³-hybridized carbons (Fsp3) is 0.385. The molecule has 9 nitrogen and oxygen atoms in total. The monoisotopic (exact) mass is 542 g/mol. The van der Waals surface area contributed by atoms with E-state index < -0.39 is 0 Å². The summed E-state index contributed by atoms with van der Waals surface area (Å²) in [6, 6.07) is 7.37. The van der Waals surface area contributed by atoms with E-state index in [0.29, 0.717) is 39.6 Å². The third-order valence-corrected chi connectivity index (χ3v) is 7.94. The zero-order valence-corrected chi connectivity index (χ0v) is 22.6. The number of methoxy groups -OCH3 is 1. The van der Waals surface area contributed by atoms with Crippen LogP contribution in [0, 0.1) is 0 Å². The average molecular weight is 543 g/mol. The summed E-state index contributed by atoms with van der Waals surface area (Å²) in [5.41, 5.74) is 1.52. The maximum atomic E-state index is 12.9. The van der Waals surface area contributed by atoms with Gasteiger partial charge in [0.25, 0.3) is 0 Å². The average Bonchev–Trinajstić information content (AvgIpc) is 3.47. The predicted octanol–water partition coefficient (Wildman–Crippen LogP) is 4.90. The number of carbonyl (C=O) groups is 2. The van der Waals surface area contributed by atoms with Crippen LogP contribution in [0.15, 0.2) is 42.1 Å². The molecular formula is C26H30N4O5S2. The summed E-state index contributed by atoms with van der Waals surface area (Å²) in [6.07, 6.45) is 5.60. The highest BCUT2D eigenvalue weighted by Gasteiger charge is 2.27. The molecule has 196 valence electrons. The lowest BCUT2D eigenvalue weighted by atomic mass is 9.95. The lowest BCUT2D eigenvalue weighted by Crippen LogP contribution is -2.17. The van der Waals surface area contributed by atoms with E-state index in [1.165, 1.54) is 23.1 Å². The first kappa shape index (κ1) is 26.7. The number of nitrogens with zero attached hydrogens (tertiary/aromatic N) is 3. The van der Waals surface area contributed by atoms with Crippen LogP contribution in [0.5, 0.6) is 11.5 Å². The first-order valence-electron chi connectivity index (χ1n) is 12.1. The van der Waals surface area contributed by atoms with Crippen molar-refractivity contribution in [3.8, 4) is 11.5 Å². The third-order valence-electron chi connectivity index (χ3n) is 5.77. The minimum Gasteiger partial charge on any atom is -0.493 e. The minimum atomic E-state index is -0.379. The molecule has 0 atom stereocenters. The third kappa shape index (κ3) is 6.34. The Bertz CT molecular complexity index is 1270. The molecule has 0 saturated carbocycles. The van der Waals surface area contributed by atoms with Crippen molar-refractivity contribution in [1.29, 1.82) is 0 Å². The summed E-state index contributed by atoms with van der Waals surface area (Å²) in [5.74, 6) is 1.32. The van der Waals surface area contributed by atoms with Gasteiger partial charge in [-0.1, -0.05) is 30.0 Å². The molecule has 0 spiro atoms. The van der Waals surface area contributed by atoms with Gasteiger partial charge in [0.05, 0.1) is 25.0 Å². The molecule has 4 rings (SSSR count). The zero-order valence-electron chi connectivity index (χ0n) is 21.0. The Morgan fingerprint density at radius 3 is 2.76 bits per heavy atom. The molecule has 3 aromatic rings. The van der Waals surface area contributed by atoms with E-state index >= 15 is 0 Å². The van der Waals surface area contributed by atoms with Gasteiger partial charge in [0.2, 0.25) is 5.91 Å². The fourth-order valence-electron chi connectivity index (χ4n) is 4.09. The van der Waals surface area contributed by atoms with Crippen LogP contribution in [0.25, 0.3) is 0 Å². The SMILES string of the molecule is C=CCn1c(COc2ccccc2OC)nnc1SCC(=O)Nc1sc2c(c1C(=O)OCC)CCCC2. The lowest BCUT2D eigenvalue weighted by molar-refractivity contribution is -0.113. The van der Waals surface area contributed by atoms with E-state index in [9.17, 15) is 9.59 Å². The summed E-state index contributed by atoms with van der Waals surface area (Å²) in [4.78, 5) is 26.7. The minimum absolute atomic E-state index is 0.105. The molecule has 11 heteroatoms. The molecule has 0 unspecified atom stereocenters. The number of hydrogen-bond acceptors (Lipinski definition) is 9. The highest BCUT2D eigenvalue weighted by atomic mass is 32.2. The number of allylic oxidation sites excluding steroid dienone is 1. The molecule has 0 aliphatic heterocycles. The largest absolute Gasteiger partial charge is 0.493 e. The number of rotatable bonds is 12. The second-order valence-electron chi connectivity index (χ2n) is 8.21. The summed E-state index contributed by atoms with van der Waals surface area (Å²) in [7, 11) is 1.59. The van der Waals surface area contributed by atoms with Gasteiger partial charge in [0, 0.05) is 11.4 Å². The molecule has 1 amide bonds. The van der Waals surface area contributed by atoms with Crippen molar-refractivity contribution < 1.29 is 23.8 Å². The van der Waals surface area contributed by atoms with Crippen molar-refractivity contribution in [1.82, 2.24) is 14.8 Å². The second kappa shape index (κ2) is 12.8. The Labute approximate surface area is 224 Å². The molecule has 37 heavy (non-hydrogen) atoms. The number of carbonyl (C=O) groups excluding carboxylic acids is 2. The van der Waals surface area contributed by atoms with Crippen LogP contribution < -0.4 is 14.8 Å². The van der Waals surface area contributed by atoms with Gasteiger partial charge in [0.15, 0.2) is 22.5 Å². The van der Waals surface area contributed by atoms with Crippen LogP contribution >= 0.6 is 23.1 Å². The number of benzene rings is 1. The molecule has 0 saturated heterocycles. The smallest absolute Gasteiger partial charge is 0.341 e. The highest BCUT2D eigenvalue weighted by molar-refractivity contribution is 7.99. The number of para-hydroxylation sites is 2. The molecule has 1 aromatic carbocycles. The predicted molar refractivity (Wildman–Crippen MR) is 144 cm³/mol. The second-order valence-corrected chi connectivity index (χ2v) is 10.3. The number of fused-ring (bicyclic) bond motifs is 1. The Hall–Kier alpha value is -3.31. The van der Waals surface area contributed by atoms with Crippen LogP contribution in [-0.2, 0) is 35.5 Å². The summed E-state index contributed by atoms with van der Waals surface area (Å²) in [5, 5.41) is 12.6. The molecule has 2 aromatic heterocycles. The number of nitrogens with one attached hydrogen (secondary N) is 1. The van der Waals surface area contributed by atoms with Gasteiger partial charge < -0.3 is 19.5 Å². The molecule has 0 bridgehead atoms. The van der Waals surface area contributed by atoms with Crippen molar-refractivity contribution in [3.63, 3.8) is 0 Å². The summed E-state index contributed by atoms with van der Waals surface area (Å²) >= 11 is 2.74.